The number of aryl methyl sites for hydroxylation is 2. The highest BCUT2D eigenvalue weighted by Crippen LogP contribution is 2.21. The van der Waals surface area contributed by atoms with E-state index >= 15 is 0 Å². The van der Waals surface area contributed by atoms with Crippen LogP contribution in [0.15, 0.2) is 36.4 Å². The van der Waals surface area contributed by atoms with Crippen LogP contribution in [-0.2, 0) is 9.59 Å². The van der Waals surface area contributed by atoms with Gasteiger partial charge in [0.25, 0.3) is 17.7 Å². The molecule has 3 amide bonds. The number of carbonyl (C=O) groups is 3. The molecule has 0 saturated heterocycles. The molecule has 0 spiro atoms. The van der Waals surface area contributed by atoms with Crippen molar-refractivity contribution in [3.05, 3.63) is 63.1 Å². The Morgan fingerprint density at radius 1 is 0.968 bits per heavy atom. The number of ether oxygens (including phenoxy) is 1. The standard InChI is InChI=1S/C22H25Cl2N3O4/c1-12(2)20(25-21(29)17-8-6-15(23)10-18(17)24)22(30)27-26-19(28)11-31-16-7-5-13(3)14(4)9-16/h5-10,12,20H,11H2,1-4H3,(H,25,29)(H,26,28)(H,27,30)/t20-/m1/s1. The topological polar surface area (TPSA) is 96.5 Å². The minimum atomic E-state index is -0.903. The minimum absolute atomic E-state index is 0.171. The third-order valence-electron chi connectivity index (χ3n) is 4.58. The molecule has 3 N–H and O–H groups in total. The van der Waals surface area contributed by atoms with Gasteiger partial charge in [0.2, 0.25) is 0 Å². The van der Waals surface area contributed by atoms with Crippen LogP contribution in [0, 0.1) is 19.8 Å². The summed E-state index contributed by atoms with van der Waals surface area (Å²) >= 11 is 11.9. The Hall–Kier alpha value is -2.77. The summed E-state index contributed by atoms with van der Waals surface area (Å²) in [6.45, 7) is 7.17. The van der Waals surface area contributed by atoms with E-state index in [1.165, 1.54) is 18.2 Å². The first-order valence-electron chi connectivity index (χ1n) is 9.63. The van der Waals surface area contributed by atoms with Crippen molar-refractivity contribution in [2.75, 3.05) is 6.61 Å². The third kappa shape index (κ3) is 7.15. The van der Waals surface area contributed by atoms with Crippen molar-refractivity contribution in [3.8, 4) is 5.75 Å². The molecule has 9 heteroatoms. The quantitative estimate of drug-likeness (QED) is 0.544. The molecule has 2 aromatic carbocycles. The number of hydrogen-bond acceptors (Lipinski definition) is 4. The van der Waals surface area contributed by atoms with Crippen LogP contribution in [0.1, 0.15) is 35.3 Å². The maximum absolute atomic E-state index is 12.5. The number of benzene rings is 2. The highest BCUT2D eigenvalue weighted by molar-refractivity contribution is 6.36. The molecule has 0 bridgehead atoms. The maximum atomic E-state index is 12.5. The van der Waals surface area contributed by atoms with E-state index in [2.05, 4.69) is 16.2 Å². The minimum Gasteiger partial charge on any atom is -0.484 e. The van der Waals surface area contributed by atoms with E-state index in [-0.39, 0.29) is 23.1 Å². The van der Waals surface area contributed by atoms with Crippen LogP contribution in [0.25, 0.3) is 0 Å². The number of rotatable bonds is 7. The second-order valence-electron chi connectivity index (χ2n) is 7.39. The molecule has 31 heavy (non-hydrogen) atoms. The lowest BCUT2D eigenvalue weighted by atomic mass is 10.0. The Morgan fingerprint density at radius 2 is 1.68 bits per heavy atom. The highest BCUT2D eigenvalue weighted by Gasteiger charge is 2.26. The lowest BCUT2D eigenvalue weighted by Gasteiger charge is -2.22. The largest absolute Gasteiger partial charge is 0.484 e. The third-order valence-corrected chi connectivity index (χ3v) is 5.13. The molecule has 7 nitrogen and oxygen atoms in total. The summed E-state index contributed by atoms with van der Waals surface area (Å²) in [5.74, 6) is -1.34. The van der Waals surface area contributed by atoms with E-state index in [1.807, 2.05) is 26.0 Å². The van der Waals surface area contributed by atoms with Crippen LogP contribution < -0.4 is 20.9 Å². The second-order valence-corrected chi connectivity index (χ2v) is 8.24. The molecule has 0 aliphatic carbocycles. The Kier molecular flexibility index (Phi) is 8.71. The predicted molar refractivity (Wildman–Crippen MR) is 120 cm³/mol. The van der Waals surface area contributed by atoms with Gasteiger partial charge in [-0.2, -0.15) is 0 Å². The van der Waals surface area contributed by atoms with Crippen LogP contribution in [0.3, 0.4) is 0 Å². The monoisotopic (exact) mass is 465 g/mol. The van der Waals surface area contributed by atoms with Gasteiger partial charge < -0.3 is 10.1 Å². The molecule has 0 aromatic heterocycles. The fraction of sp³-hybridized carbons (Fsp3) is 0.318. The second kappa shape index (κ2) is 11.0. The molecule has 166 valence electrons. The molecule has 0 aliphatic heterocycles. The Balaban J connectivity index is 1.90. The van der Waals surface area contributed by atoms with Crippen LogP contribution in [0.4, 0.5) is 0 Å². The molecular weight excluding hydrogens is 441 g/mol. The van der Waals surface area contributed by atoms with Gasteiger partial charge in [-0.15, -0.1) is 0 Å². The van der Waals surface area contributed by atoms with Gasteiger partial charge in [-0.1, -0.05) is 43.1 Å². The SMILES string of the molecule is Cc1ccc(OCC(=O)NNC(=O)[C@H](NC(=O)c2ccc(Cl)cc2Cl)C(C)C)cc1C. The number of hydrogen-bond donors (Lipinski definition) is 3. The number of amides is 3. The first-order valence-corrected chi connectivity index (χ1v) is 10.4. The Labute approximate surface area is 191 Å². The molecule has 1 atom stereocenters. The summed E-state index contributed by atoms with van der Waals surface area (Å²) in [5, 5.41) is 3.19. The van der Waals surface area contributed by atoms with Gasteiger partial charge in [0, 0.05) is 5.02 Å². The Morgan fingerprint density at radius 3 is 2.29 bits per heavy atom. The molecule has 0 radical (unpaired) electrons. The van der Waals surface area contributed by atoms with E-state index in [0.717, 1.165) is 11.1 Å². The van der Waals surface area contributed by atoms with Crippen molar-refractivity contribution in [1.82, 2.24) is 16.2 Å². The first kappa shape index (κ1) is 24.5. The zero-order valence-electron chi connectivity index (χ0n) is 17.7. The number of carbonyl (C=O) groups excluding carboxylic acids is 3. The summed E-state index contributed by atoms with van der Waals surface area (Å²) in [5.41, 5.74) is 6.95. The molecule has 0 heterocycles. The average molecular weight is 466 g/mol. The van der Waals surface area contributed by atoms with Gasteiger partial charge >= 0.3 is 0 Å². The van der Waals surface area contributed by atoms with Gasteiger partial charge in [0.15, 0.2) is 6.61 Å². The maximum Gasteiger partial charge on any atom is 0.276 e. The van der Waals surface area contributed by atoms with Crippen molar-refractivity contribution in [2.24, 2.45) is 5.92 Å². The zero-order valence-corrected chi connectivity index (χ0v) is 19.2. The molecular formula is C22H25Cl2N3O4. The van der Waals surface area contributed by atoms with E-state index in [9.17, 15) is 14.4 Å². The summed E-state index contributed by atoms with van der Waals surface area (Å²) in [7, 11) is 0. The van der Waals surface area contributed by atoms with E-state index in [1.54, 1.807) is 19.9 Å². The zero-order chi connectivity index (χ0) is 23.1. The van der Waals surface area contributed by atoms with Crippen molar-refractivity contribution < 1.29 is 19.1 Å². The van der Waals surface area contributed by atoms with Crippen molar-refractivity contribution >= 4 is 40.9 Å². The van der Waals surface area contributed by atoms with Gasteiger partial charge in [-0.25, -0.2) is 0 Å². The van der Waals surface area contributed by atoms with E-state index in [0.29, 0.717) is 10.8 Å². The first-order chi connectivity index (χ1) is 14.6. The van der Waals surface area contributed by atoms with Gasteiger partial charge in [-0.3, -0.25) is 25.2 Å². The van der Waals surface area contributed by atoms with Crippen LogP contribution in [-0.4, -0.2) is 30.4 Å². The fourth-order valence-corrected chi connectivity index (χ4v) is 3.12. The van der Waals surface area contributed by atoms with Crippen molar-refractivity contribution in [2.45, 2.75) is 33.7 Å². The lowest BCUT2D eigenvalue weighted by Crippen LogP contribution is -2.55. The van der Waals surface area contributed by atoms with Crippen LogP contribution in [0.2, 0.25) is 10.0 Å². The number of hydrazine groups is 1. The summed E-state index contributed by atoms with van der Waals surface area (Å²) in [6, 6.07) is 9.03. The van der Waals surface area contributed by atoms with Crippen molar-refractivity contribution in [3.63, 3.8) is 0 Å². The van der Waals surface area contributed by atoms with E-state index < -0.39 is 23.8 Å². The molecule has 0 aliphatic rings. The van der Waals surface area contributed by atoms with Gasteiger partial charge in [0.1, 0.15) is 11.8 Å². The average Bonchev–Trinajstić information content (AvgIpc) is 2.70. The van der Waals surface area contributed by atoms with Crippen LogP contribution >= 0.6 is 23.2 Å². The molecule has 0 unspecified atom stereocenters. The van der Waals surface area contributed by atoms with Crippen molar-refractivity contribution in [1.29, 1.82) is 0 Å². The van der Waals surface area contributed by atoms with Gasteiger partial charge in [-0.05, 0) is 61.2 Å². The van der Waals surface area contributed by atoms with E-state index in [4.69, 9.17) is 27.9 Å². The summed E-state index contributed by atoms with van der Waals surface area (Å²) in [6.07, 6.45) is 0. The molecule has 2 rings (SSSR count). The fourth-order valence-electron chi connectivity index (χ4n) is 2.63. The smallest absolute Gasteiger partial charge is 0.276 e. The van der Waals surface area contributed by atoms with Crippen LogP contribution in [0.5, 0.6) is 5.75 Å². The number of halogens is 2. The highest BCUT2D eigenvalue weighted by atomic mass is 35.5. The molecule has 2 aromatic rings. The number of nitrogens with one attached hydrogen (secondary N) is 3. The summed E-state index contributed by atoms with van der Waals surface area (Å²) in [4.78, 5) is 37.1. The predicted octanol–water partition coefficient (Wildman–Crippen LogP) is 3.59. The normalized spacial score (nSPS) is 11.6. The summed E-state index contributed by atoms with van der Waals surface area (Å²) < 4.78 is 5.43. The molecule has 0 fully saturated rings. The Bertz CT molecular complexity index is 979. The molecule has 0 saturated carbocycles. The lowest BCUT2D eigenvalue weighted by molar-refractivity contribution is -0.131. The van der Waals surface area contributed by atoms with Gasteiger partial charge in [0.05, 0.1) is 10.6 Å².